The molecule has 0 saturated carbocycles. The van der Waals surface area contributed by atoms with Crippen LogP contribution in [0.5, 0.6) is 0 Å². The molecule has 2 aromatic carbocycles. The fraction of sp³-hybridized carbons (Fsp3) is 0.250. The predicted molar refractivity (Wildman–Crippen MR) is 115 cm³/mol. The number of primary amides is 1. The van der Waals surface area contributed by atoms with Crippen molar-refractivity contribution in [1.82, 2.24) is 14.8 Å². The number of hydrogen-bond acceptors (Lipinski definition) is 4. The molecule has 1 saturated heterocycles. The first-order valence-corrected chi connectivity index (χ1v) is 10.2. The summed E-state index contributed by atoms with van der Waals surface area (Å²) >= 11 is 0. The number of fused-ring (bicyclic) bond motifs is 2. The van der Waals surface area contributed by atoms with Crippen LogP contribution in [-0.2, 0) is 24.2 Å². The van der Waals surface area contributed by atoms with Gasteiger partial charge in [-0.1, -0.05) is 30.3 Å². The molecule has 2 heterocycles. The Kier molecular flexibility index (Phi) is 4.28. The zero-order valence-corrected chi connectivity index (χ0v) is 17.2. The highest BCUT2D eigenvalue weighted by Crippen LogP contribution is 2.40. The van der Waals surface area contributed by atoms with E-state index in [4.69, 9.17) is 5.73 Å². The van der Waals surface area contributed by atoms with E-state index < -0.39 is 11.4 Å². The molecule has 156 valence electrons. The van der Waals surface area contributed by atoms with E-state index in [1.807, 2.05) is 36.4 Å². The number of rotatable bonds is 3. The number of nitrogens with two attached hydrogens (primary N) is 1. The van der Waals surface area contributed by atoms with Crippen molar-refractivity contribution in [3.63, 3.8) is 0 Å². The summed E-state index contributed by atoms with van der Waals surface area (Å²) in [7, 11) is 1.70. The van der Waals surface area contributed by atoms with Crippen LogP contribution in [0.25, 0.3) is 10.9 Å². The number of aryl methyl sites for hydroxylation is 1. The normalized spacial score (nSPS) is 20.5. The van der Waals surface area contributed by atoms with E-state index >= 15 is 0 Å². The van der Waals surface area contributed by atoms with Gasteiger partial charge in [0.25, 0.3) is 5.91 Å². The summed E-state index contributed by atoms with van der Waals surface area (Å²) in [4.78, 5) is 45.6. The number of hydrogen-bond donors (Lipinski definition) is 1. The Bertz CT molecular complexity index is 1250. The van der Waals surface area contributed by atoms with Crippen molar-refractivity contribution >= 4 is 28.7 Å². The average molecular weight is 414 g/mol. The zero-order valence-electron chi connectivity index (χ0n) is 17.2. The first-order valence-electron chi connectivity index (χ1n) is 10.2. The maximum absolute atomic E-state index is 13.6. The molecular weight excluding hydrogens is 392 g/mol. The summed E-state index contributed by atoms with van der Waals surface area (Å²) in [6.45, 7) is 0.186. The van der Waals surface area contributed by atoms with Gasteiger partial charge < -0.3 is 10.6 Å². The van der Waals surface area contributed by atoms with E-state index in [-0.39, 0.29) is 18.5 Å². The summed E-state index contributed by atoms with van der Waals surface area (Å²) in [6, 6.07) is 14.6. The number of benzene rings is 2. The number of aromatic nitrogens is 1. The lowest BCUT2D eigenvalue weighted by molar-refractivity contribution is -0.134. The van der Waals surface area contributed by atoms with E-state index in [2.05, 4.69) is 4.98 Å². The molecule has 1 fully saturated rings. The van der Waals surface area contributed by atoms with Crippen molar-refractivity contribution in [2.75, 3.05) is 7.05 Å². The van der Waals surface area contributed by atoms with Crippen molar-refractivity contribution in [1.29, 1.82) is 0 Å². The van der Waals surface area contributed by atoms with Gasteiger partial charge in [-0.3, -0.25) is 19.5 Å². The Hall–Kier alpha value is -3.74. The lowest BCUT2D eigenvalue weighted by Crippen LogP contribution is -2.52. The molecule has 2 N–H and O–H groups in total. The highest BCUT2D eigenvalue weighted by molar-refractivity contribution is 6.07. The van der Waals surface area contributed by atoms with Crippen LogP contribution >= 0.6 is 0 Å². The first-order chi connectivity index (χ1) is 14.9. The Labute approximate surface area is 179 Å². The van der Waals surface area contributed by atoms with Crippen LogP contribution in [0.3, 0.4) is 0 Å². The molecule has 3 aromatic rings. The van der Waals surface area contributed by atoms with Crippen LogP contribution in [0.15, 0.2) is 54.7 Å². The molecule has 7 nitrogen and oxygen atoms in total. The molecule has 1 aliphatic heterocycles. The van der Waals surface area contributed by atoms with Crippen LogP contribution in [0.1, 0.15) is 33.5 Å². The van der Waals surface area contributed by atoms with Crippen molar-refractivity contribution in [3.8, 4) is 0 Å². The number of likely N-dealkylation sites (N-methyl/N-ethyl adjacent to an activating group) is 1. The van der Waals surface area contributed by atoms with Gasteiger partial charge in [0.1, 0.15) is 5.54 Å². The number of imide groups is 1. The Morgan fingerprint density at radius 3 is 2.74 bits per heavy atom. The SMILES string of the molecule is CN1C(=O)N(Cc2cccc3cccnc23)C(=O)C12CCc1cc(C(N)=O)ccc1C2. The summed E-state index contributed by atoms with van der Waals surface area (Å²) in [5.74, 6) is -0.653. The monoisotopic (exact) mass is 414 g/mol. The van der Waals surface area contributed by atoms with E-state index in [9.17, 15) is 14.4 Å². The third kappa shape index (κ3) is 2.88. The topological polar surface area (TPSA) is 96.6 Å². The second-order valence-electron chi connectivity index (χ2n) is 8.28. The molecule has 1 spiro atoms. The predicted octanol–water partition coefficient (Wildman–Crippen LogP) is 2.66. The number of nitrogens with zero attached hydrogens (tertiary/aromatic N) is 3. The van der Waals surface area contributed by atoms with Gasteiger partial charge in [-0.15, -0.1) is 0 Å². The summed E-state index contributed by atoms with van der Waals surface area (Å²) < 4.78 is 0. The number of pyridine rings is 1. The number of urea groups is 1. The van der Waals surface area contributed by atoms with Gasteiger partial charge in [-0.25, -0.2) is 4.79 Å². The third-order valence-electron chi connectivity index (χ3n) is 6.63. The highest BCUT2D eigenvalue weighted by atomic mass is 16.2. The quantitative estimate of drug-likeness (QED) is 0.667. The number of carbonyl (C=O) groups is 3. The molecule has 4 amide bonds. The van der Waals surface area contributed by atoms with Gasteiger partial charge in [-0.2, -0.15) is 0 Å². The largest absolute Gasteiger partial charge is 0.366 e. The van der Waals surface area contributed by atoms with Crippen molar-refractivity contribution in [3.05, 3.63) is 77.0 Å². The molecule has 1 aromatic heterocycles. The zero-order chi connectivity index (χ0) is 21.8. The standard InChI is InChI=1S/C24H22N4O3/c1-27-23(31)28(14-19-5-2-4-15-6-3-11-26-20(15)19)22(30)24(27)10-9-16-12-17(21(25)29)7-8-18(16)13-24/h2-8,11-12H,9-10,13-14H2,1H3,(H2,25,29). The second kappa shape index (κ2) is 6.91. The number of carbonyl (C=O) groups excluding carboxylic acids is 3. The van der Waals surface area contributed by atoms with Crippen LogP contribution < -0.4 is 5.73 Å². The minimum Gasteiger partial charge on any atom is -0.366 e. The summed E-state index contributed by atoms with van der Waals surface area (Å²) in [6.07, 6.45) is 3.25. The van der Waals surface area contributed by atoms with Gasteiger partial charge in [0.15, 0.2) is 0 Å². The minimum absolute atomic E-state index is 0.183. The Balaban J connectivity index is 1.48. The van der Waals surface area contributed by atoms with Gasteiger partial charge in [0.2, 0.25) is 5.91 Å². The van der Waals surface area contributed by atoms with Crippen LogP contribution in [0.2, 0.25) is 0 Å². The lowest BCUT2D eigenvalue weighted by Gasteiger charge is -2.37. The van der Waals surface area contributed by atoms with Gasteiger partial charge in [0.05, 0.1) is 12.1 Å². The second-order valence-corrected chi connectivity index (χ2v) is 8.28. The third-order valence-corrected chi connectivity index (χ3v) is 6.63. The van der Waals surface area contributed by atoms with Gasteiger partial charge in [0, 0.05) is 30.6 Å². The van der Waals surface area contributed by atoms with E-state index in [1.165, 1.54) is 4.90 Å². The molecule has 1 atom stereocenters. The van der Waals surface area contributed by atoms with E-state index in [1.54, 1.807) is 30.3 Å². The molecule has 0 radical (unpaired) electrons. The van der Waals surface area contributed by atoms with Crippen LogP contribution in [0, 0.1) is 0 Å². The average Bonchev–Trinajstić information content (AvgIpc) is 2.95. The number of amides is 4. The summed E-state index contributed by atoms with van der Waals surface area (Å²) in [5.41, 5.74) is 8.56. The highest BCUT2D eigenvalue weighted by Gasteiger charge is 2.56. The maximum Gasteiger partial charge on any atom is 0.327 e. The van der Waals surface area contributed by atoms with E-state index in [0.29, 0.717) is 24.8 Å². The van der Waals surface area contributed by atoms with Crippen molar-refractivity contribution < 1.29 is 14.4 Å². The first kappa shape index (κ1) is 19.2. The molecular formula is C24H22N4O3. The molecule has 5 rings (SSSR count). The fourth-order valence-corrected chi connectivity index (χ4v) is 4.85. The molecule has 2 aliphatic rings. The maximum atomic E-state index is 13.6. The Morgan fingerprint density at radius 1 is 1.13 bits per heavy atom. The molecule has 1 aliphatic carbocycles. The molecule has 1 unspecified atom stereocenters. The van der Waals surface area contributed by atoms with Crippen LogP contribution in [-0.4, -0.2) is 45.2 Å². The van der Waals surface area contributed by atoms with Crippen molar-refractivity contribution in [2.45, 2.75) is 31.3 Å². The van der Waals surface area contributed by atoms with Gasteiger partial charge in [-0.05, 0) is 47.7 Å². The van der Waals surface area contributed by atoms with E-state index in [0.717, 1.165) is 27.6 Å². The molecule has 31 heavy (non-hydrogen) atoms. The van der Waals surface area contributed by atoms with Gasteiger partial charge >= 0.3 is 6.03 Å². The van der Waals surface area contributed by atoms with Crippen LogP contribution in [0.4, 0.5) is 4.79 Å². The lowest BCUT2D eigenvalue weighted by atomic mass is 9.76. The summed E-state index contributed by atoms with van der Waals surface area (Å²) in [5, 5.41) is 0.971. The number of para-hydroxylation sites is 1. The van der Waals surface area contributed by atoms with Crippen molar-refractivity contribution in [2.24, 2.45) is 5.73 Å². The Morgan fingerprint density at radius 2 is 1.94 bits per heavy atom. The fourth-order valence-electron chi connectivity index (χ4n) is 4.85. The minimum atomic E-state index is -0.906. The molecule has 7 heteroatoms. The smallest absolute Gasteiger partial charge is 0.327 e. The molecule has 0 bridgehead atoms.